The van der Waals surface area contributed by atoms with Crippen molar-refractivity contribution < 1.29 is 28.7 Å². The van der Waals surface area contributed by atoms with Gasteiger partial charge < -0.3 is 9.47 Å². The molecule has 0 fully saturated rings. The summed E-state index contributed by atoms with van der Waals surface area (Å²) in [6.45, 7) is 5.55. The summed E-state index contributed by atoms with van der Waals surface area (Å²) in [5.74, 6) is -5.80. The van der Waals surface area contributed by atoms with Gasteiger partial charge in [-0.3, -0.25) is 19.2 Å². The molecule has 102 valence electrons. The summed E-state index contributed by atoms with van der Waals surface area (Å²) in [5.41, 5.74) is 0. The lowest BCUT2D eigenvalue weighted by molar-refractivity contribution is -0.165. The van der Waals surface area contributed by atoms with Gasteiger partial charge in [0.25, 0.3) is 0 Å². The van der Waals surface area contributed by atoms with Crippen LogP contribution < -0.4 is 0 Å². The second-order valence-electron chi connectivity index (χ2n) is 3.68. The van der Waals surface area contributed by atoms with Crippen molar-refractivity contribution in [3.63, 3.8) is 0 Å². The predicted molar refractivity (Wildman–Crippen MR) is 61.6 cm³/mol. The highest BCUT2D eigenvalue weighted by molar-refractivity contribution is 6.10. The van der Waals surface area contributed by atoms with Crippen LogP contribution in [0.3, 0.4) is 0 Å². The molecule has 0 aliphatic rings. The first-order chi connectivity index (χ1) is 8.36. The highest BCUT2D eigenvalue weighted by Gasteiger charge is 2.42. The lowest BCUT2D eigenvalue weighted by atomic mass is 9.86. The van der Waals surface area contributed by atoms with Gasteiger partial charge in [0.15, 0.2) is 0 Å². The summed E-state index contributed by atoms with van der Waals surface area (Å²) in [6.07, 6.45) is 0. The van der Waals surface area contributed by atoms with E-state index < -0.39 is 35.3 Å². The summed E-state index contributed by atoms with van der Waals surface area (Å²) in [4.78, 5) is 46.2. The summed E-state index contributed by atoms with van der Waals surface area (Å²) < 4.78 is 9.41. The molecule has 18 heavy (non-hydrogen) atoms. The zero-order valence-electron chi connectivity index (χ0n) is 11.0. The number of carbonyl (C=O) groups excluding carboxylic acids is 4. The van der Waals surface area contributed by atoms with Crippen molar-refractivity contribution in [2.24, 2.45) is 11.8 Å². The average molecular weight is 258 g/mol. The number of ether oxygens (including phenoxy) is 2. The molecule has 0 N–H and O–H groups in total. The standard InChI is InChI=1S/C12H18O6/c1-5-17-11(15)9(7(3)13)10(8(4)14)12(16)18-6-2/h9-10H,5-6H2,1-4H3/t9-,10+. The molecule has 0 saturated heterocycles. The average Bonchev–Trinajstić information content (AvgIpc) is 2.24. The molecule has 0 aromatic heterocycles. The molecule has 0 bridgehead atoms. The van der Waals surface area contributed by atoms with Crippen molar-refractivity contribution in [2.75, 3.05) is 13.2 Å². The minimum atomic E-state index is -1.43. The molecule has 0 saturated carbocycles. The zero-order chi connectivity index (χ0) is 14.3. The molecular formula is C12H18O6. The first-order valence-electron chi connectivity index (χ1n) is 5.70. The first-order valence-corrected chi connectivity index (χ1v) is 5.70. The number of carbonyl (C=O) groups is 4. The maximum absolute atomic E-state index is 11.6. The van der Waals surface area contributed by atoms with E-state index in [4.69, 9.17) is 9.47 Å². The van der Waals surface area contributed by atoms with Gasteiger partial charge in [-0.25, -0.2) is 0 Å². The minimum absolute atomic E-state index is 0.0655. The van der Waals surface area contributed by atoms with Gasteiger partial charge in [-0.15, -0.1) is 0 Å². The molecule has 0 rings (SSSR count). The Hall–Kier alpha value is -1.72. The van der Waals surface area contributed by atoms with Crippen LogP contribution in [0.2, 0.25) is 0 Å². The van der Waals surface area contributed by atoms with Crippen molar-refractivity contribution in [1.82, 2.24) is 0 Å². The SMILES string of the molecule is CCOC(=O)[C@@H](C(C)=O)[C@@H](C(C)=O)C(=O)OCC. The smallest absolute Gasteiger partial charge is 0.317 e. The summed E-state index contributed by atoms with van der Waals surface area (Å²) in [7, 11) is 0. The number of Topliss-reactive ketones (excluding diaryl/α,β-unsaturated/α-hetero) is 2. The monoisotopic (exact) mass is 258 g/mol. The number of esters is 2. The van der Waals surface area contributed by atoms with Gasteiger partial charge in [0.05, 0.1) is 13.2 Å². The van der Waals surface area contributed by atoms with Gasteiger partial charge in [0.1, 0.15) is 23.4 Å². The van der Waals surface area contributed by atoms with Gasteiger partial charge in [-0.05, 0) is 27.7 Å². The van der Waals surface area contributed by atoms with Gasteiger partial charge in [-0.1, -0.05) is 0 Å². The van der Waals surface area contributed by atoms with E-state index >= 15 is 0 Å². The second-order valence-corrected chi connectivity index (χ2v) is 3.68. The van der Waals surface area contributed by atoms with E-state index in [1.54, 1.807) is 13.8 Å². The van der Waals surface area contributed by atoms with E-state index in [1.807, 2.05) is 0 Å². The van der Waals surface area contributed by atoms with E-state index in [1.165, 1.54) is 0 Å². The quantitative estimate of drug-likeness (QED) is 0.489. The molecule has 0 radical (unpaired) electrons. The van der Waals surface area contributed by atoms with Gasteiger partial charge >= 0.3 is 11.9 Å². The third-order valence-corrected chi connectivity index (χ3v) is 2.29. The number of hydrogen-bond acceptors (Lipinski definition) is 6. The van der Waals surface area contributed by atoms with Gasteiger partial charge in [-0.2, -0.15) is 0 Å². The Labute approximate surface area is 106 Å². The molecule has 0 unspecified atom stereocenters. The van der Waals surface area contributed by atoms with Crippen LogP contribution in [0.5, 0.6) is 0 Å². The molecule has 0 aliphatic heterocycles. The van der Waals surface area contributed by atoms with Gasteiger partial charge in [0.2, 0.25) is 0 Å². The van der Waals surface area contributed by atoms with E-state index in [0.717, 1.165) is 13.8 Å². The zero-order valence-corrected chi connectivity index (χ0v) is 11.0. The van der Waals surface area contributed by atoms with Crippen LogP contribution >= 0.6 is 0 Å². The topological polar surface area (TPSA) is 86.7 Å². The fraction of sp³-hybridized carbons (Fsp3) is 0.667. The molecule has 0 aromatic carbocycles. The largest absolute Gasteiger partial charge is 0.465 e. The fourth-order valence-corrected chi connectivity index (χ4v) is 1.54. The molecule has 6 nitrogen and oxygen atoms in total. The Balaban J connectivity index is 5.24. The summed E-state index contributed by atoms with van der Waals surface area (Å²) in [6, 6.07) is 0. The molecule has 2 atom stereocenters. The Morgan fingerprint density at radius 1 is 0.778 bits per heavy atom. The van der Waals surface area contributed by atoms with E-state index in [-0.39, 0.29) is 13.2 Å². The van der Waals surface area contributed by atoms with Crippen LogP contribution in [0.4, 0.5) is 0 Å². The normalized spacial score (nSPS) is 13.3. The third-order valence-electron chi connectivity index (χ3n) is 2.29. The lowest BCUT2D eigenvalue weighted by Crippen LogP contribution is -2.40. The van der Waals surface area contributed by atoms with E-state index in [0.29, 0.717) is 0 Å². The molecule has 6 heteroatoms. The van der Waals surface area contributed by atoms with E-state index in [9.17, 15) is 19.2 Å². The highest BCUT2D eigenvalue weighted by atomic mass is 16.5. The minimum Gasteiger partial charge on any atom is -0.465 e. The van der Waals surface area contributed by atoms with Crippen LogP contribution in [-0.4, -0.2) is 36.7 Å². The second kappa shape index (κ2) is 7.58. The lowest BCUT2D eigenvalue weighted by Gasteiger charge is -2.19. The Morgan fingerprint density at radius 3 is 1.22 bits per heavy atom. The highest BCUT2D eigenvalue weighted by Crippen LogP contribution is 2.18. The number of ketones is 2. The van der Waals surface area contributed by atoms with Crippen LogP contribution in [0.25, 0.3) is 0 Å². The number of rotatable bonds is 7. The maximum Gasteiger partial charge on any atom is 0.317 e. The van der Waals surface area contributed by atoms with E-state index in [2.05, 4.69) is 0 Å². The molecule has 0 amide bonds. The Morgan fingerprint density at radius 2 is 1.06 bits per heavy atom. The van der Waals surface area contributed by atoms with Crippen molar-refractivity contribution in [3.8, 4) is 0 Å². The van der Waals surface area contributed by atoms with Crippen LogP contribution in [0, 0.1) is 11.8 Å². The molecule has 0 aromatic rings. The van der Waals surface area contributed by atoms with Crippen molar-refractivity contribution in [2.45, 2.75) is 27.7 Å². The van der Waals surface area contributed by atoms with Crippen LogP contribution in [0.15, 0.2) is 0 Å². The molecule has 0 spiro atoms. The summed E-state index contributed by atoms with van der Waals surface area (Å²) >= 11 is 0. The Kier molecular flexibility index (Phi) is 6.85. The molecule has 0 heterocycles. The third kappa shape index (κ3) is 4.27. The maximum atomic E-state index is 11.6. The van der Waals surface area contributed by atoms with Gasteiger partial charge in [0, 0.05) is 0 Å². The number of hydrogen-bond donors (Lipinski definition) is 0. The molecular weight excluding hydrogens is 240 g/mol. The predicted octanol–water partition coefficient (Wildman–Crippen LogP) is 0.523. The Bertz CT molecular complexity index is 312. The molecule has 0 aliphatic carbocycles. The van der Waals surface area contributed by atoms with Crippen molar-refractivity contribution in [3.05, 3.63) is 0 Å². The van der Waals surface area contributed by atoms with Crippen molar-refractivity contribution >= 4 is 23.5 Å². The van der Waals surface area contributed by atoms with Crippen LogP contribution in [0.1, 0.15) is 27.7 Å². The van der Waals surface area contributed by atoms with Crippen molar-refractivity contribution in [1.29, 1.82) is 0 Å². The summed E-state index contributed by atoms with van der Waals surface area (Å²) in [5, 5.41) is 0. The fourth-order valence-electron chi connectivity index (χ4n) is 1.54. The first kappa shape index (κ1) is 16.3. The van der Waals surface area contributed by atoms with Crippen LogP contribution in [-0.2, 0) is 28.7 Å².